The molecule has 0 aliphatic heterocycles. The number of carbonyl (C=O) groups excluding carboxylic acids is 2. The summed E-state index contributed by atoms with van der Waals surface area (Å²) < 4.78 is 0. The van der Waals surface area contributed by atoms with Gasteiger partial charge in [0, 0.05) is 28.9 Å². The summed E-state index contributed by atoms with van der Waals surface area (Å²) in [7, 11) is 0. The molecule has 3 N–H and O–H groups in total. The van der Waals surface area contributed by atoms with Crippen molar-refractivity contribution in [2.75, 3.05) is 35.6 Å². The van der Waals surface area contributed by atoms with Gasteiger partial charge in [0.1, 0.15) is 12.1 Å². The van der Waals surface area contributed by atoms with Crippen LogP contribution in [0.2, 0.25) is 0 Å². The molecule has 0 aliphatic rings. The number of amides is 2. The van der Waals surface area contributed by atoms with Crippen LogP contribution in [0.3, 0.4) is 0 Å². The van der Waals surface area contributed by atoms with E-state index in [0.717, 1.165) is 42.5 Å². The molecular formula is C25H32N6O2. The van der Waals surface area contributed by atoms with Crippen molar-refractivity contribution in [2.24, 2.45) is 0 Å². The molecule has 8 nitrogen and oxygen atoms in total. The van der Waals surface area contributed by atoms with Crippen LogP contribution in [0.5, 0.6) is 0 Å². The molecule has 0 saturated heterocycles. The zero-order valence-corrected chi connectivity index (χ0v) is 19.5. The molecule has 0 fully saturated rings. The Bertz CT molecular complexity index is 1100. The Morgan fingerprint density at radius 1 is 0.848 bits per heavy atom. The first-order chi connectivity index (χ1) is 16.0. The van der Waals surface area contributed by atoms with Gasteiger partial charge in [-0.3, -0.25) is 14.5 Å². The van der Waals surface area contributed by atoms with E-state index >= 15 is 0 Å². The van der Waals surface area contributed by atoms with Crippen molar-refractivity contribution in [2.45, 2.75) is 40.0 Å². The molecule has 1 aromatic heterocycles. The van der Waals surface area contributed by atoms with E-state index in [1.54, 1.807) is 0 Å². The van der Waals surface area contributed by atoms with Crippen LogP contribution in [-0.4, -0.2) is 46.3 Å². The molecule has 2 amide bonds. The lowest BCUT2D eigenvalue weighted by Crippen LogP contribution is -2.34. The number of aromatic nitrogens is 2. The van der Waals surface area contributed by atoms with Crippen molar-refractivity contribution in [3.63, 3.8) is 0 Å². The molecule has 2 aromatic carbocycles. The molecular weight excluding hydrogens is 416 g/mol. The zero-order chi connectivity index (χ0) is 23.6. The molecule has 3 rings (SSSR count). The molecule has 0 radical (unpaired) electrons. The fraction of sp³-hybridized carbons (Fsp3) is 0.360. The number of nitrogens with zero attached hydrogens (tertiary/aromatic N) is 3. The van der Waals surface area contributed by atoms with Gasteiger partial charge in [-0.15, -0.1) is 0 Å². The van der Waals surface area contributed by atoms with Gasteiger partial charge >= 0.3 is 0 Å². The second-order valence-corrected chi connectivity index (χ2v) is 7.89. The first-order valence-electron chi connectivity index (χ1n) is 11.5. The van der Waals surface area contributed by atoms with E-state index in [-0.39, 0.29) is 11.8 Å². The van der Waals surface area contributed by atoms with Crippen molar-refractivity contribution in [1.82, 2.24) is 14.9 Å². The smallest absolute Gasteiger partial charge is 0.238 e. The van der Waals surface area contributed by atoms with E-state index in [1.807, 2.05) is 49.4 Å². The minimum atomic E-state index is -0.0550. The van der Waals surface area contributed by atoms with Gasteiger partial charge in [0.05, 0.1) is 12.1 Å². The number of benzene rings is 2. The minimum absolute atomic E-state index is 0.0298. The van der Waals surface area contributed by atoms with Gasteiger partial charge in [0.15, 0.2) is 0 Å². The lowest BCUT2D eigenvalue weighted by molar-refractivity contribution is -0.117. The van der Waals surface area contributed by atoms with Crippen LogP contribution in [0, 0.1) is 0 Å². The van der Waals surface area contributed by atoms with Crippen LogP contribution in [0.25, 0.3) is 10.9 Å². The fourth-order valence-corrected chi connectivity index (χ4v) is 3.60. The summed E-state index contributed by atoms with van der Waals surface area (Å²) >= 11 is 0. The first kappa shape index (κ1) is 24.1. The highest BCUT2D eigenvalue weighted by Gasteiger charge is 2.11. The molecule has 0 spiro atoms. The molecule has 0 bridgehead atoms. The molecule has 174 valence electrons. The number of fused-ring (bicyclic) bond motifs is 1. The monoisotopic (exact) mass is 448 g/mol. The van der Waals surface area contributed by atoms with Gasteiger partial charge in [-0.25, -0.2) is 9.97 Å². The maximum absolute atomic E-state index is 12.5. The van der Waals surface area contributed by atoms with Crippen LogP contribution in [-0.2, 0) is 9.59 Å². The Kier molecular flexibility index (Phi) is 8.71. The topological polar surface area (TPSA) is 99.2 Å². The van der Waals surface area contributed by atoms with Crippen LogP contribution in [0.15, 0.2) is 48.8 Å². The predicted octanol–water partition coefficient (Wildman–Crippen LogP) is 4.78. The number of hydrogen-bond donors (Lipinski definition) is 3. The maximum Gasteiger partial charge on any atom is 0.238 e. The van der Waals surface area contributed by atoms with E-state index in [1.165, 1.54) is 6.33 Å². The summed E-state index contributed by atoms with van der Waals surface area (Å²) in [5.41, 5.74) is 2.96. The molecule has 0 aliphatic carbocycles. The van der Waals surface area contributed by atoms with Gasteiger partial charge in [-0.05, 0) is 62.3 Å². The van der Waals surface area contributed by atoms with E-state index in [0.29, 0.717) is 30.2 Å². The second-order valence-electron chi connectivity index (χ2n) is 7.89. The second kappa shape index (κ2) is 11.9. The van der Waals surface area contributed by atoms with Crippen LogP contribution >= 0.6 is 0 Å². The standard InChI is InChI=1S/C25H32N6O2/c1-4-12-31(13-5-2)16-24(33)29-18-8-7-9-19(14-18)30-25-21-15-20(28-23(32)6-3)10-11-22(21)26-17-27-25/h7-11,14-15,17H,4-6,12-13,16H2,1-3H3,(H,28,32)(H,29,33)(H,26,27,30). The molecule has 8 heteroatoms. The Balaban J connectivity index is 1.75. The van der Waals surface area contributed by atoms with Crippen molar-refractivity contribution in [3.8, 4) is 0 Å². The summed E-state index contributed by atoms with van der Waals surface area (Å²) in [5, 5.41) is 9.95. The summed E-state index contributed by atoms with van der Waals surface area (Å²) in [4.78, 5) is 35.2. The number of nitrogens with one attached hydrogen (secondary N) is 3. The third kappa shape index (κ3) is 6.98. The largest absolute Gasteiger partial charge is 0.340 e. The highest BCUT2D eigenvalue weighted by atomic mass is 16.2. The van der Waals surface area contributed by atoms with Gasteiger partial charge in [0.2, 0.25) is 11.8 Å². The summed E-state index contributed by atoms with van der Waals surface area (Å²) in [5.74, 6) is 0.534. The predicted molar refractivity (Wildman–Crippen MR) is 134 cm³/mol. The quantitative estimate of drug-likeness (QED) is 0.390. The molecule has 0 atom stereocenters. The molecule has 3 aromatic rings. The summed E-state index contributed by atoms with van der Waals surface area (Å²) in [6, 6.07) is 13.1. The van der Waals surface area contributed by atoms with Gasteiger partial charge in [-0.2, -0.15) is 0 Å². The highest BCUT2D eigenvalue weighted by Crippen LogP contribution is 2.27. The Morgan fingerprint density at radius 3 is 2.27 bits per heavy atom. The minimum Gasteiger partial charge on any atom is -0.340 e. The van der Waals surface area contributed by atoms with E-state index in [9.17, 15) is 9.59 Å². The lowest BCUT2D eigenvalue weighted by Gasteiger charge is -2.20. The van der Waals surface area contributed by atoms with Crippen LogP contribution < -0.4 is 16.0 Å². The van der Waals surface area contributed by atoms with Gasteiger partial charge in [0.25, 0.3) is 0 Å². The Morgan fingerprint density at radius 2 is 1.55 bits per heavy atom. The van der Waals surface area contributed by atoms with Crippen molar-refractivity contribution in [3.05, 3.63) is 48.8 Å². The third-order valence-electron chi connectivity index (χ3n) is 5.10. The van der Waals surface area contributed by atoms with Crippen molar-refractivity contribution < 1.29 is 9.59 Å². The number of rotatable bonds is 11. The van der Waals surface area contributed by atoms with Gasteiger partial charge < -0.3 is 16.0 Å². The SMILES string of the molecule is CCCN(CCC)CC(=O)Nc1cccc(Nc2ncnc3ccc(NC(=O)CC)cc23)c1. The Labute approximate surface area is 194 Å². The van der Waals surface area contributed by atoms with Crippen molar-refractivity contribution >= 4 is 45.6 Å². The average Bonchev–Trinajstić information content (AvgIpc) is 2.80. The lowest BCUT2D eigenvalue weighted by atomic mass is 10.2. The maximum atomic E-state index is 12.5. The normalized spacial score (nSPS) is 10.9. The molecule has 33 heavy (non-hydrogen) atoms. The average molecular weight is 449 g/mol. The first-order valence-corrected chi connectivity index (χ1v) is 11.5. The molecule has 0 unspecified atom stereocenters. The van der Waals surface area contributed by atoms with E-state index < -0.39 is 0 Å². The van der Waals surface area contributed by atoms with Crippen molar-refractivity contribution in [1.29, 1.82) is 0 Å². The van der Waals surface area contributed by atoms with E-state index in [4.69, 9.17) is 0 Å². The summed E-state index contributed by atoms with van der Waals surface area (Å²) in [6.45, 7) is 8.24. The zero-order valence-electron chi connectivity index (χ0n) is 19.5. The fourth-order valence-electron chi connectivity index (χ4n) is 3.60. The molecule has 1 heterocycles. The number of carbonyl (C=O) groups is 2. The number of hydrogen-bond acceptors (Lipinski definition) is 6. The van der Waals surface area contributed by atoms with E-state index in [2.05, 4.69) is 44.7 Å². The van der Waals surface area contributed by atoms with Crippen LogP contribution in [0.4, 0.5) is 22.9 Å². The Hall–Kier alpha value is -3.52. The number of anilines is 4. The van der Waals surface area contributed by atoms with Gasteiger partial charge in [-0.1, -0.05) is 26.8 Å². The molecule has 0 saturated carbocycles. The highest BCUT2D eigenvalue weighted by molar-refractivity contribution is 5.97. The van der Waals surface area contributed by atoms with Crippen LogP contribution in [0.1, 0.15) is 40.0 Å². The summed E-state index contributed by atoms with van der Waals surface area (Å²) in [6.07, 6.45) is 3.94. The third-order valence-corrected chi connectivity index (χ3v) is 5.10.